The number of halogens is 1. The van der Waals surface area contributed by atoms with E-state index in [1.165, 1.54) is 11.6 Å². The topological polar surface area (TPSA) is 29.3 Å². The Morgan fingerprint density at radius 1 is 1.11 bits per heavy atom. The zero-order valence-corrected chi connectivity index (χ0v) is 11.4. The fourth-order valence-corrected chi connectivity index (χ4v) is 2.22. The Hall–Kier alpha value is -1.87. The number of hydrogen-bond donors (Lipinski definition) is 1. The summed E-state index contributed by atoms with van der Waals surface area (Å²) in [5, 5.41) is 0. The molecule has 2 rings (SSSR count). The van der Waals surface area contributed by atoms with Gasteiger partial charge in [0.15, 0.2) is 0 Å². The molecule has 0 spiro atoms. The maximum Gasteiger partial charge on any atom is 0.147 e. The average Bonchev–Trinajstić information content (AvgIpc) is 2.43. The molecule has 0 saturated carbocycles. The Morgan fingerprint density at radius 3 is 2.37 bits per heavy atom. The third-order valence-electron chi connectivity index (χ3n) is 3.22. The molecular formula is C16H19FN2. The van der Waals surface area contributed by atoms with Gasteiger partial charge in [-0.1, -0.05) is 29.8 Å². The molecule has 2 aromatic rings. The van der Waals surface area contributed by atoms with E-state index in [2.05, 4.69) is 0 Å². The van der Waals surface area contributed by atoms with Gasteiger partial charge in [-0.05, 0) is 37.6 Å². The van der Waals surface area contributed by atoms with Crippen molar-refractivity contribution in [3.05, 3.63) is 59.4 Å². The third-order valence-corrected chi connectivity index (χ3v) is 3.22. The Kier molecular flexibility index (Phi) is 4.17. The lowest BCUT2D eigenvalue weighted by Gasteiger charge is -2.26. The second kappa shape index (κ2) is 5.85. The van der Waals surface area contributed by atoms with Gasteiger partial charge in [0, 0.05) is 18.8 Å². The summed E-state index contributed by atoms with van der Waals surface area (Å²) in [6, 6.07) is 13.1. The van der Waals surface area contributed by atoms with Crippen LogP contribution >= 0.6 is 0 Å². The summed E-state index contributed by atoms with van der Waals surface area (Å²) in [7, 11) is 0. The summed E-state index contributed by atoms with van der Waals surface area (Å²) in [4.78, 5) is 1.96. The van der Waals surface area contributed by atoms with E-state index < -0.39 is 0 Å². The molecule has 19 heavy (non-hydrogen) atoms. The molecule has 100 valence electrons. The highest BCUT2D eigenvalue weighted by Crippen LogP contribution is 2.31. The lowest BCUT2D eigenvalue weighted by molar-refractivity contribution is 0.623. The van der Waals surface area contributed by atoms with Crippen molar-refractivity contribution in [1.82, 2.24) is 0 Å². The van der Waals surface area contributed by atoms with Crippen LogP contribution in [0, 0.1) is 12.7 Å². The molecule has 0 saturated heterocycles. The summed E-state index contributed by atoms with van der Waals surface area (Å²) in [6.45, 7) is 5.06. The molecule has 0 radical (unpaired) electrons. The predicted octanol–water partition coefficient (Wildman–Crippen LogP) is 3.75. The fraction of sp³-hybridized carbons (Fsp3) is 0.250. The van der Waals surface area contributed by atoms with E-state index in [0.29, 0.717) is 18.8 Å². The molecular weight excluding hydrogens is 239 g/mol. The van der Waals surface area contributed by atoms with Crippen LogP contribution in [-0.4, -0.2) is 6.54 Å². The maximum absolute atomic E-state index is 14.1. The van der Waals surface area contributed by atoms with Crippen molar-refractivity contribution in [3.8, 4) is 0 Å². The highest BCUT2D eigenvalue weighted by molar-refractivity contribution is 5.67. The van der Waals surface area contributed by atoms with Crippen molar-refractivity contribution < 1.29 is 4.39 Å². The van der Waals surface area contributed by atoms with E-state index in [9.17, 15) is 4.39 Å². The molecule has 0 atom stereocenters. The second-order valence-electron chi connectivity index (χ2n) is 4.53. The Morgan fingerprint density at radius 2 is 1.79 bits per heavy atom. The minimum absolute atomic E-state index is 0.231. The highest BCUT2D eigenvalue weighted by atomic mass is 19.1. The summed E-state index contributed by atoms with van der Waals surface area (Å²) < 4.78 is 14.1. The summed E-state index contributed by atoms with van der Waals surface area (Å²) >= 11 is 0. The predicted molar refractivity (Wildman–Crippen MR) is 78.2 cm³/mol. The normalized spacial score (nSPS) is 10.5. The van der Waals surface area contributed by atoms with Crippen molar-refractivity contribution in [3.63, 3.8) is 0 Å². The first kappa shape index (κ1) is 13.6. The monoisotopic (exact) mass is 258 g/mol. The first-order valence-corrected chi connectivity index (χ1v) is 6.49. The summed E-state index contributed by atoms with van der Waals surface area (Å²) in [5.74, 6) is -0.231. The van der Waals surface area contributed by atoms with E-state index in [-0.39, 0.29) is 5.82 Å². The van der Waals surface area contributed by atoms with Crippen molar-refractivity contribution in [2.45, 2.75) is 20.4 Å². The molecule has 2 nitrogen and oxygen atoms in total. The largest absolute Gasteiger partial charge is 0.339 e. The Balaban J connectivity index is 2.50. The summed E-state index contributed by atoms with van der Waals surface area (Å²) in [5.41, 5.74) is 9.29. The third kappa shape index (κ3) is 2.76. The van der Waals surface area contributed by atoms with E-state index in [0.717, 1.165) is 11.3 Å². The van der Waals surface area contributed by atoms with Crippen LogP contribution < -0.4 is 10.6 Å². The van der Waals surface area contributed by atoms with Crippen molar-refractivity contribution >= 4 is 11.4 Å². The lowest BCUT2D eigenvalue weighted by Crippen LogP contribution is -2.20. The molecule has 2 aromatic carbocycles. The van der Waals surface area contributed by atoms with E-state index in [1.807, 2.05) is 49.1 Å². The number of benzene rings is 2. The second-order valence-corrected chi connectivity index (χ2v) is 4.53. The van der Waals surface area contributed by atoms with Crippen LogP contribution in [0.2, 0.25) is 0 Å². The number of hydrogen-bond acceptors (Lipinski definition) is 2. The first-order valence-electron chi connectivity index (χ1n) is 6.49. The number of nitrogens with two attached hydrogens (primary N) is 1. The molecule has 0 aliphatic heterocycles. The van der Waals surface area contributed by atoms with Gasteiger partial charge in [0.25, 0.3) is 0 Å². The zero-order valence-electron chi connectivity index (χ0n) is 11.4. The van der Waals surface area contributed by atoms with Crippen LogP contribution in [0.25, 0.3) is 0 Å². The molecule has 0 fully saturated rings. The Labute approximate surface area is 113 Å². The number of nitrogens with zero attached hydrogens (tertiary/aromatic N) is 1. The van der Waals surface area contributed by atoms with Gasteiger partial charge in [-0.3, -0.25) is 0 Å². The minimum atomic E-state index is -0.231. The van der Waals surface area contributed by atoms with Crippen molar-refractivity contribution in [2.24, 2.45) is 5.73 Å². The van der Waals surface area contributed by atoms with Gasteiger partial charge in [0.05, 0.1) is 5.69 Å². The average molecular weight is 258 g/mol. The van der Waals surface area contributed by atoms with E-state index in [4.69, 9.17) is 5.73 Å². The highest BCUT2D eigenvalue weighted by Gasteiger charge is 2.15. The lowest BCUT2D eigenvalue weighted by atomic mass is 10.1. The number of aryl methyl sites for hydroxylation is 1. The van der Waals surface area contributed by atoms with Crippen LogP contribution in [0.4, 0.5) is 15.8 Å². The summed E-state index contributed by atoms with van der Waals surface area (Å²) in [6.07, 6.45) is 0. The van der Waals surface area contributed by atoms with Crippen molar-refractivity contribution in [1.29, 1.82) is 0 Å². The van der Waals surface area contributed by atoms with Gasteiger partial charge in [-0.2, -0.15) is 0 Å². The van der Waals surface area contributed by atoms with Gasteiger partial charge in [0.1, 0.15) is 5.82 Å². The van der Waals surface area contributed by atoms with Crippen LogP contribution in [0.15, 0.2) is 42.5 Å². The van der Waals surface area contributed by atoms with Crippen LogP contribution in [0.5, 0.6) is 0 Å². The standard InChI is InChI=1S/C16H19FN2/c1-3-19(14-9-7-12(2)8-10-14)16-13(11-18)5-4-6-15(16)17/h4-10H,3,11,18H2,1-2H3. The number of para-hydroxylation sites is 1. The molecule has 0 aromatic heterocycles. The van der Waals surface area contributed by atoms with Gasteiger partial charge >= 0.3 is 0 Å². The van der Waals surface area contributed by atoms with E-state index in [1.54, 1.807) is 6.07 Å². The molecule has 3 heteroatoms. The van der Waals surface area contributed by atoms with Crippen LogP contribution in [0.3, 0.4) is 0 Å². The van der Waals surface area contributed by atoms with Gasteiger partial charge in [0.2, 0.25) is 0 Å². The number of anilines is 2. The minimum Gasteiger partial charge on any atom is -0.339 e. The maximum atomic E-state index is 14.1. The molecule has 0 bridgehead atoms. The zero-order chi connectivity index (χ0) is 13.8. The number of rotatable bonds is 4. The smallest absolute Gasteiger partial charge is 0.147 e. The molecule has 0 aliphatic carbocycles. The molecule has 0 unspecified atom stereocenters. The van der Waals surface area contributed by atoms with E-state index >= 15 is 0 Å². The van der Waals surface area contributed by atoms with Crippen LogP contribution in [0.1, 0.15) is 18.1 Å². The van der Waals surface area contributed by atoms with Gasteiger partial charge in [-0.15, -0.1) is 0 Å². The SMILES string of the molecule is CCN(c1ccc(C)cc1)c1c(F)cccc1CN. The van der Waals surface area contributed by atoms with Gasteiger partial charge in [-0.25, -0.2) is 4.39 Å². The molecule has 0 heterocycles. The molecule has 2 N–H and O–H groups in total. The first-order chi connectivity index (χ1) is 9.17. The Bertz CT molecular complexity index is 549. The van der Waals surface area contributed by atoms with Gasteiger partial charge < -0.3 is 10.6 Å². The van der Waals surface area contributed by atoms with Crippen molar-refractivity contribution in [2.75, 3.05) is 11.4 Å². The fourth-order valence-electron chi connectivity index (χ4n) is 2.22. The quantitative estimate of drug-likeness (QED) is 0.905. The molecule has 0 aliphatic rings. The molecule has 0 amide bonds. The van der Waals surface area contributed by atoms with Crippen LogP contribution in [-0.2, 0) is 6.54 Å².